The summed E-state index contributed by atoms with van der Waals surface area (Å²) in [5.74, 6) is -3.90. The van der Waals surface area contributed by atoms with Crippen molar-refractivity contribution in [3.8, 4) is 0 Å². The Labute approximate surface area is 213 Å². The first kappa shape index (κ1) is 30.2. The van der Waals surface area contributed by atoms with E-state index in [4.69, 9.17) is 9.47 Å². The third-order valence-electron chi connectivity index (χ3n) is 7.18. The summed E-state index contributed by atoms with van der Waals surface area (Å²) in [5.41, 5.74) is 3.68. The summed E-state index contributed by atoms with van der Waals surface area (Å²) < 4.78 is 10.2. The van der Waals surface area contributed by atoms with Gasteiger partial charge in [-0.15, -0.1) is 0 Å². The van der Waals surface area contributed by atoms with Crippen LogP contribution in [0.5, 0.6) is 0 Å². The average Bonchev–Trinajstić information content (AvgIpc) is 2.85. The molecule has 36 heavy (non-hydrogen) atoms. The van der Waals surface area contributed by atoms with Gasteiger partial charge in [0, 0.05) is 0 Å². The summed E-state index contributed by atoms with van der Waals surface area (Å²) in [6.07, 6.45) is 2.34. The third kappa shape index (κ3) is 7.98. The van der Waals surface area contributed by atoms with Crippen molar-refractivity contribution in [3.63, 3.8) is 0 Å². The number of aliphatic hydroxyl groups is 5. The molecule has 5 N–H and O–H groups in total. The van der Waals surface area contributed by atoms with E-state index < -0.39 is 66.8 Å². The molecule has 1 fully saturated rings. The number of allylic oxidation sites excluding steroid dienone is 6. The zero-order valence-corrected chi connectivity index (χ0v) is 21.7. The van der Waals surface area contributed by atoms with Crippen LogP contribution >= 0.6 is 0 Å². The van der Waals surface area contributed by atoms with E-state index in [0.29, 0.717) is 6.42 Å². The number of carbonyl (C=O) groups excluding carboxylic acids is 2. The molecule has 0 aromatic carbocycles. The van der Waals surface area contributed by atoms with Gasteiger partial charge in [0.2, 0.25) is 0 Å². The molecule has 6 unspecified atom stereocenters. The molecule has 9 heteroatoms. The van der Waals surface area contributed by atoms with Crippen molar-refractivity contribution in [2.24, 2.45) is 17.8 Å². The van der Waals surface area contributed by atoms with E-state index in [0.717, 1.165) is 31.3 Å². The first-order valence-electron chi connectivity index (χ1n) is 12.6. The van der Waals surface area contributed by atoms with Gasteiger partial charge in [0.25, 0.3) is 0 Å². The van der Waals surface area contributed by atoms with Gasteiger partial charge in [-0.25, -0.2) is 0 Å². The number of carbonyl (C=O) groups is 2. The molecule has 1 saturated carbocycles. The topological polar surface area (TPSA) is 154 Å². The summed E-state index contributed by atoms with van der Waals surface area (Å²) in [6.45, 7) is 5.78. The predicted molar refractivity (Wildman–Crippen MR) is 132 cm³/mol. The molecule has 2 aliphatic rings. The fraction of sp³-hybridized carbons (Fsp3) is 0.704. The highest BCUT2D eigenvalue weighted by Gasteiger charge is 2.49. The molecule has 0 heterocycles. The van der Waals surface area contributed by atoms with Crippen LogP contribution in [0.15, 0.2) is 34.9 Å². The van der Waals surface area contributed by atoms with Gasteiger partial charge in [0.1, 0.15) is 18.3 Å². The molecule has 0 amide bonds. The van der Waals surface area contributed by atoms with Crippen molar-refractivity contribution in [2.45, 2.75) is 89.8 Å². The lowest BCUT2D eigenvalue weighted by atomic mass is 9.78. The predicted octanol–water partition coefficient (Wildman–Crippen LogP) is 1.56. The van der Waals surface area contributed by atoms with Crippen molar-refractivity contribution < 1.29 is 44.6 Å². The summed E-state index contributed by atoms with van der Waals surface area (Å²) in [7, 11) is 1.27. The fourth-order valence-electron chi connectivity index (χ4n) is 4.82. The molecule has 0 radical (unpaired) electrons. The lowest BCUT2D eigenvalue weighted by Crippen LogP contribution is -2.62. The first-order valence-corrected chi connectivity index (χ1v) is 12.6. The fourth-order valence-corrected chi connectivity index (χ4v) is 4.82. The number of rotatable bonds is 10. The van der Waals surface area contributed by atoms with Crippen LogP contribution in [0.4, 0.5) is 0 Å². The Morgan fingerprint density at radius 2 is 1.50 bits per heavy atom. The van der Waals surface area contributed by atoms with Crippen LogP contribution in [-0.2, 0) is 19.1 Å². The zero-order valence-electron chi connectivity index (χ0n) is 21.7. The van der Waals surface area contributed by atoms with E-state index >= 15 is 0 Å². The number of hydrogen-bond acceptors (Lipinski definition) is 9. The van der Waals surface area contributed by atoms with Gasteiger partial charge in [-0.05, 0) is 59.3 Å². The molecule has 6 atom stereocenters. The standard InChI is InChI=1S/C27H42O9/c1-15(2)7-5-8-16(3)9-6-10-17-11-12-18(19(13-17)26(33)35-4)27(34)36-14-20-21(28)23(30)25(32)24(31)22(20)29/h7,9,11,18-25,28-32H,5-6,8,10,12-14H2,1-4H3/b16-9+. The van der Waals surface area contributed by atoms with E-state index in [1.807, 2.05) is 6.08 Å². The zero-order chi connectivity index (χ0) is 27.0. The molecule has 2 aliphatic carbocycles. The maximum absolute atomic E-state index is 12.9. The van der Waals surface area contributed by atoms with Gasteiger partial charge >= 0.3 is 11.9 Å². The second-order valence-electron chi connectivity index (χ2n) is 10.2. The highest BCUT2D eigenvalue weighted by atomic mass is 16.5. The molecule has 0 aliphatic heterocycles. The molecule has 0 saturated heterocycles. The van der Waals surface area contributed by atoms with Crippen molar-refractivity contribution >= 4 is 11.9 Å². The van der Waals surface area contributed by atoms with E-state index in [2.05, 4.69) is 32.9 Å². The van der Waals surface area contributed by atoms with Crippen LogP contribution in [0.25, 0.3) is 0 Å². The summed E-state index contributed by atoms with van der Waals surface area (Å²) >= 11 is 0. The van der Waals surface area contributed by atoms with Gasteiger partial charge in [-0.1, -0.05) is 34.9 Å². The van der Waals surface area contributed by atoms with Crippen molar-refractivity contribution in [3.05, 3.63) is 34.9 Å². The summed E-state index contributed by atoms with van der Waals surface area (Å²) in [6, 6.07) is 0. The second-order valence-corrected chi connectivity index (χ2v) is 10.2. The molecule has 2 rings (SSSR count). The third-order valence-corrected chi connectivity index (χ3v) is 7.18. The Morgan fingerprint density at radius 1 is 0.889 bits per heavy atom. The van der Waals surface area contributed by atoms with E-state index in [1.165, 1.54) is 18.3 Å². The quantitative estimate of drug-likeness (QED) is 0.218. The minimum Gasteiger partial charge on any atom is -0.469 e. The highest BCUT2D eigenvalue weighted by Crippen LogP contribution is 2.34. The smallest absolute Gasteiger partial charge is 0.310 e. The van der Waals surface area contributed by atoms with E-state index in [1.54, 1.807) is 0 Å². The monoisotopic (exact) mass is 510 g/mol. The molecule has 0 spiro atoms. The van der Waals surface area contributed by atoms with Crippen molar-refractivity contribution in [2.75, 3.05) is 13.7 Å². The molecule has 0 bridgehead atoms. The van der Waals surface area contributed by atoms with Gasteiger partial charge in [0.05, 0.1) is 43.7 Å². The van der Waals surface area contributed by atoms with Crippen LogP contribution < -0.4 is 0 Å². The Balaban J connectivity index is 1.98. The van der Waals surface area contributed by atoms with Crippen LogP contribution in [-0.4, -0.2) is 81.7 Å². The Kier molecular flexibility index (Phi) is 11.8. The van der Waals surface area contributed by atoms with Crippen molar-refractivity contribution in [1.82, 2.24) is 0 Å². The first-order chi connectivity index (χ1) is 17.0. The molecule has 9 nitrogen and oxygen atoms in total. The van der Waals surface area contributed by atoms with Crippen LogP contribution in [0.1, 0.15) is 59.3 Å². The van der Waals surface area contributed by atoms with Crippen LogP contribution in [0.3, 0.4) is 0 Å². The minimum absolute atomic E-state index is 0.289. The number of esters is 2. The number of hydrogen-bond donors (Lipinski definition) is 5. The lowest BCUT2D eigenvalue weighted by molar-refractivity contribution is -0.213. The van der Waals surface area contributed by atoms with E-state index in [-0.39, 0.29) is 6.42 Å². The molecular formula is C27H42O9. The minimum atomic E-state index is -1.72. The number of ether oxygens (including phenoxy) is 2. The molecule has 0 aromatic rings. The van der Waals surface area contributed by atoms with Gasteiger partial charge < -0.3 is 35.0 Å². The highest BCUT2D eigenvalue weighted by molar-refractivity contribution is 5.83. The Hall–Kier alpha value is -2.04. The molecule has 0 aromatic heterocycles. The largest absolute Gasteiger partial charge is 0.469 e. The maximum Gasteiger partial charge on any atom is 0.310 e. The van der Waals surface area contributed by atoms with Gasteiger partial charge in [-0.2, -0.15) is 0 Å². The summed E-state index contributed by atoms with van der Waals surface area (Å²) in [5, 5.41) is 49.8. The Bertz CT molecular complexity index is 826. The van der Waals surface area contributed by atoms with Crippen LogP contribution in [0, 0.1) is 17.8 Å². The molecule has 204 valence electrons. The molecular weight excluding hydrogens is 468 g/mol. The van der Waals surface area contributed by atoms with Gasteiger partial charge in [0.15, 0.2) is 0 Å². The SMILES string of the molecule is COC(=O)C1CC(CC/C=C(\C)CCC=C(C)C)=CCC1C(=O)OCC1C(O)C(O)C(O)C(O)C1O. The van der Waals surface area contributed by atoms with Gasteiger partial charge in [-0.3, -0.25) is 9.59 Å². The second kappa shape index (κ2) is 14.0. The number of aliphatic hydroxyl groups excluding tert-OH is 5. The average molecular weight is 511 g/mol. The maximum atomic E-state index is 12.9. The number of methoxy groups -OCH3 is 1. The van der Waals surface area contributed by atoms with E-state index in [9.17, 15) is 35.1 Å². The normalized spacial score (nSPS) is 32.9. The Morgan fingerprint density at radius 3 is 2.08 bits per heavy atom. The summed E-state index contributed by atoms with van der Waals surface area (Å²) in [4.78, 5) is 25.3. The van der Waals surface area contributed by atoms with Crippen molar-refractivity contribution in [1.29, 1.82) is 0 Å². The lowest BCUT2D eigenvalue weighted by Gasteiger charge is -2.41. The van der Waals surface area contributed by atoms with Crippen LogP contribution in [0.2, 0.25) is 0 Å².